The molecule has 12 heavy (non-hydrogen) atoms. The standard InChI is InChI=1S/C6H7N5S/c1-4-5-9-7-3-11(5)6(12-2)10-8-4/h3H,1-2H3. The SMILES string of the molecule is CSc1nnc(C)c2nncn12. The monoisotopic (exact) mass is 181 g/mol. The van der Waals surface area contributed by atoms with Gasteiger partial charge in [-0.1, -0.05) is 11.8 Å². The first-order valence-electron chi connectivity index (χ1n) is 3.40. The maximum atomic E-state index is 3.99. The molecule has 2 heterocycles. The molecule has 0 amide bonds. The summed E-state index contributed by atoms with van der Waals surface area (Å²) in [5.41, 5.74) is 1.57. The quantitative estimate of drug-likeness (QED) is 0.601. The lowest BCUT2D eigenvalue weighted by Crippen LogP contribution is -1.98. The number of aryl methyl sites for hydroxylation is 1. The second-order valence-corrected chi connectivity index (χ2v) is 3.07. The van der Waals surface area contributed by atoms with Gasteiger partial charge in [0.1, 0.15) is 12.0 Å². The van der Waals surface area contributed by atoms with Gasteiger partial charge in [0, 0.05) is 0 Å². The highest BCUT2D eigenvalue weighted by molar-refractivity contribution is 7.98. The zero-order chi connectivity index (χ0) is 8.55. The minimum atomic E-state index is 0.773. The van der Waals surface area contributed by atoms with E-state index in [-0.39, 0.29) is 0 Å². The minimum Gasteiger partial charge on any atom is -0.257 e. The fourth-order valence-electron chi connectivity index (χ4n) is 0.972. The zero-order valence-corrected chi connectivity index (χ0v) is 7.54. The van der Waals surface area contributed by atoms with Crippen molar-refractivity contribution in [1.82, 2.24) is 24.8 Å². The number of fused-ring (bicyclic) bond motifs is 1. The summed E-state index contributed by atoms with van der Waals surface area (Å²) < 4.78 is 1.83. The molecule has 0 fully saturated rings. The van der Waals surface area contributed by atoms with Crippen LogP contribution in [0.3, 0.4) is 0 Å². The predicted octanol–water partition coefficient (Wildman–Crippen LogP) is 0.550. The maximum Gasteiger partial charge on any atom is 0.196 e. The Bertz CT molecular complexity index is 409. The molecule has 2 aromatic rings. The fourth-order valence-corrected chi connectivity index (χ4v) is 1.42. The van der Waals surface area contributed by atoms with Crippen molar-refractivity contribution in [2.45, 2.75) is 12.1 Å². The summed E-state index contributed by atoms with van der Waals surface area (Å²) in [6, 6.07) is 0. The molecule has 6 heteroatoms. The van der Waals surface area contributed by atoms with Gasteiger partial charge in [-0.25, -0.2) is 0 Å². The molecule has 2 aromatic heterocycles. The van der Waals surface area contributed by atoms with Crippen LogP contribution in [-0.4, -0.2) is 31.1 Å². The smallest absolute Gasteiger partial charge is 0.196 e. The molecule has 0 saturated heterocycles. The van der Waals surface area contributed by atoms with Gasteiger partial charge in [0.2, 0.25) is 0 Å². The van der Waals surface area contributed by atoms with Gasteiger partial charge < -0.3 is 0 Å². The summed E-state index contributed by atoms with van der Waals surface area (Å²) >= 11 is 1.52. The van der Waals surface area contributed by atoms with Crippen molar-refractivity contribution in [2.24, 2.45) is 0 Å². The summed E-state index contributed by atoms with van der Waals surface area (Å²) in [5, 5.41) is 16.5. The molecule has 0 aromatic carbocycles. The summed E-state index contributed by atoms with van der Waals surface area (Å²) in [6.45, 7) is 1.86. The van der Waals surface area contributed by atoms with Crippen molar-refractivity contribution in [3.8, 4) is 0 Å². The van der Waals surface area contributed by atoms with Crippen LogP contribution < -0.4 is 0 Å². The molecule has 0 radical (unpaired) electrons. The van der Waals surface area contributed by atoms with Gasteiger partial charge in [-0.3, -0.25) is 4.40 Å². The Kier molecular flexibility index (Phi) is 1.69. The summed E-state index contributed by atoms with van der Waals surface area (Å²) in [5.74, 6) is 0. The highest BCUT2D eigenvalue weighted by Crippen LogP contribution is 2.12. The van der Waals surface area contributed by atoms with Gasteiger partial charge in [0.25, 0.3) is 0 Å². The van der Waals surface area contributed by atoms with Crippen molar-refractivity contribution in [3.63, 3.8) is 0 Å². The lowest BCUT2D eigenvalue weighted by Gasteiger charge is -1.98. The summed E-state index contributed by atoms with van der Waals surface area (Å²) in [6.07, 6.45) is 3.58. The zero-order valence-electron chi connectivity index (χ0n) is 6.72. The van der Waals surface area contributed by atoms with E-state index < -0.39 is 0 Å². The molecule has 0 bridgehead atoms. The van der Waals surface area contributed by atoms with Gasteiger partial charge in [-0.05, 0) is 13.2 Å². The topological polar surface area (TPSA) is 56.0 Å². The van der Waals surface area contributed by atoms with Gasteiger partial charge in [-0.15, -0.1) is 20.4 Å². The van der Waals surface area contributed by atoms with E-state index in [4.69, 9.17) is 0 Å². The Morgan fingerprint density at radius 2 is 2.17 bits per heavy atom. The van der Waals surface area contributed by atoms with E-state index in [0.717, 1.165) is 16.5 Å². The Balaban J connectivity index is 2.82. The van der Waals surface area contributed by atoms with Gasteiger partial charge in [0.05, 0.1) is 0 Å². The van der Waals surface area contributed by atoms with Crippen molar-refractivity contribution < 1.29 is 0 Å². The number of hydrogen-bond acceptors (Lipinski definition) is 5. The van der Waals surface area contributed by atoms with Crippen LogP contribution in [0.15, 0.2) is 11.5 Å². The Morgan fingerprint density at radius 1 is 1.33 bits per heavy atom. The first-order valence-corrected chi connectivity index (χ1v) is 4.62. The first-order chi connectivity index (χ1) is 5.83. The molecular formula is C6H7N5S. The van der Waals surface area contributed by atoms with E-state index in [1.165, 1.54) is 11.8 Å². The molecular weight excluding hydrogens is 174 g/mol. The van der Waals surface area contributed by atoms with Crippen LogP contribution >= 0.6 is 11.8 Å². The molecule has 0 aliphatic rings. The molecule has 0 saturated carbocycles. The number of aromatic nitrogens is 5. The molecule has 5 nitrogen and oxygen atoms in total. The van der Waals surface area contributed by atoms with Crippen LogP contribution in [0.2, 0.25) is 0 Å². The highest BCUT2D eigenvalue weighted by Gasteiger charge is 2.05. The molecule has 0 spiro atoms. The van der Waals surface area contributed by atoms with Crippen LogP contribution in [0.25, 0.3) is 5.65 Å². The van der Waals surface area contributed by atoms with Crippen LogP contribution in [0.4, 0.5) is 0 Å². The highest BCUT2D eigenvalue weighted by atomic mass is 32.2. The van der Waals surface area contributed by atoms with E-state index in [1.54, 1.807) is 6.33 Å². The second kappa shape index (κ2) is 2.71. The van der Waals surface area contributed by atoms with Gasteiger partial charge in [-0.2, -0.15) is 0 Å². The van der Waals surface area contributed by atoms with E-state index in [2.05, 4.69) is 20.4 Å². The Morgan fingerprint density at radius 3 is 2.92 bits per heavy atom. The minimum absolute atomic E-state index is 0.773. The third-order valence-electron chi connectivity index (χ3n) is 1.55. The lowest BCUT2D eigenvalue weighted by atomic mass is 10.5. The molecule has 0 atom stereocenters. The number of hydrogen-bond donors (Lipinski definition) is 0. The summed E-state index contributed by atoms with van der Waals surface area (Å²) in [7, 11) is 0. The van der Waals surface area contributed by atoms with E-state index in [9.17, 15) is 0 Å². The molecule has 0 aliphatic carbocycles. The van der Waals surface area contributed by atoms with Crippen LogP contribution in [0.1, 0.15) is 5.69 Å². The van der Waals surface area contributed by atoms with Crippen molar-refractivity contribution in [1.29, 1.82) is 0 Å². The third kappa shape index (κ3) is 0.953. The van der Waals surface area contributed by atoms with Crippen LogP contribution in [0.5, 0.6) is 0 Å². The molecule has 0 N–H and O–H groups in total. The molecule has 2 rings (SSSR count). The average molecular weight is 181 g/mol. The third-order valence-corrected chi connectivity index (χ3v) is 2.19. The molecule has 0 unspecified atom stereocenters. The first kappa shape index (κ1) is 7.48. The molecule has 0 aliphatic heterocycles. The fraction of sp³-hybridized carbons (Fsp3) is 0.333. The van der Waals surface area contributed by atoms with Crippen LogP contribution in [-0.2, 0) is 0 Å². The Labute approximate surface area is 73.2 Å². The largest absolute Gasteiger partial charge is 0.257 e. The van der Waals surface area contributed by atoms with E-state index in [0.29, 0.717) is 0 Å². The number of nitrogens with zero attached hydrogens (tertiary/aromatic N) is 5. The normalized spacial score (nSPS) is 10.8. The molecule has 62 valence electrons. The van der Waals surface area contributed by atoms with Crippen LogP contribution in [0, 0.1) is 6.92 Å². The second-order valence-electron chi connectivity index (χ2n) is 2.30. The van der Waals surface area contributed by atoms with Crippen molar-refractivity contribution in [3.05, 3.63) is 12.0 Å². The van der Waals surface area contributed by atoms with E-state index in [1.807, 2.05) is 17.6 Å². The van der Waals surface area contributed by atoms with Crippen molar-refractivity contribution in [2.75, 3.05) is 6.26 Å². The van der Waals surface area contributed by atoms with E-state index >= 15 is 0 Å². The average Bonchev–Trinajstić information content (AvgIpc) is 2.54. The maximum absolute atomic E-state index is 3.99. The Hall–Kier alpha value is -1.17. The van der Waals surface area contributed by atoms with Gasteiger partial charge >= 0.3 is 0 Å². The number of rotatable bonds is 1. The van der Waals surface area contributed by atoms with Crippen molar-refractivity contribution >= 4 is 17.4 Å². The summed E-state index contributed by atoms with van der Waals surface area (Å²) in [4.78, 5) is 0. The van der Waals surface area contributed by atoms with Gasteiger partial charge in [0.15, 0.2) is 10.8 Å². The predicted molar refractivity (Wildman–Crippen MR) is 45.1 cm³/mol. The lowest BCUT2D eigenvalue weighted by molar-refractivity contribution is 0.787. The number of thioether (sulfide) groups is 1.